The Balaban J connectivity index is 0.00000144. The Bertz CT molecular complexity index is 351. The van der Waals surface area contributed by atoms with Crippen LogP contribution in [0.5, 0.6) is 5.75 Å². The first-order valence-electron chi connectivity index (χ1n) is 5.81. The van der Waals surface area contributed by atoms with Crippen LogP contribution in [-0.4, -0.2) is 30.4 Å². The molecule has 0 unspecified atom stereocenters. The number of hydrogen-bond donors (Lipinski definition) is 2. The molecular weight excluding hydrogens is 238 g/mol. The summed E-state index contributed by atoms with van der Waals surface area (Å²) in [5, 5.41) is 13.5. The highest BCUT2D eigenvalue weighted by molar-refractivity contribution is 5.85. The summed E-state index contributed by atoms with van der Waals surface area (Å²) in [5.74, 6) is 0.870. The highest BCUT2D eigenvalue weighted by Gasteiger charge is 2.29. The molecule has 2 N–H and O–H groups in total. The normalized spacial score (nSPS) is 18.2. The zero-order valence-corrected chi connectivity index (χ0v) is 10.9. The SMILES string of the molecule is Cc1ccccc1OCC1(O)CCNCC1.Cl. The zero-order valence-electron chi connectivity index (χ0n) is 10.1. The van der Waals surface area contributed by atoms with E-state index in [4.69, 9.17) is 4.74 Å². The van der Waals surface area contributed by atoms with Crippen LogP contribution in [0.2, 0.25) is 0 Å². The van der Waals surface area contributed by atoms with Gasteiger partial charge in [0.15, 0.2) is 0 Å². The van der Waals surface area contributed by atoms with Crippen molar-refractivity contribution in [2.75, 3.05) is 19.7 Å². The van der Waals surface area contributed by atoms with E-state index in [9.17, 15) is 5.11 Å². The van der Waals surface area contributed by atoms with E-state index in [1.807, 2.05) is 31.2 Å². The molecule has 1 saturated heterocycles. The van der Waals surface area contributed by atoms with Gasteiger partial charge in [0, 0.05) is 0 Å². The second-order valence-electron chi connectivity index (χ2n) is 4.53. The van der Waals surface area contributed by atoms with Crippen molar-refractivity contribution in [3.8, 4) is 5.75 Å². The van der Waals surface area contributed by atoms with E-state index in [2.05, 4.69) is 5.32 Å². The summed E-state index contributed by atoms with van der Waals surface area (Å²) in [6.45, 7) is 4.14. The standard InChI is InChI=1S/C13H19NO2.ClH/c1-11-4-2-3-5-12(11)16-10-13(15)6-8-14-9-7-13;/h2-5,14-15H,6-10H2,1H3;1H. The third kappa shape index (κ3) is 3.87. The molecule has 1 fully saturated rings. The Hall–Kier alpha value is -0.770. The van der Waals surface area contributed by atoms with Crippen molar-refractivity contribution in [2.24, 2.45) is 0 Å². The average molecular weight is 258 g/mol. The van der Waals surface area contributed by atoms with Crippen LogP contribution in [0.25, 0.3) is 0 Å². The van der Waals surface area contributed by atoms with Gasteiger partial charge in [-0.2, -0.15) is 0 Å². The monoisotopic (exact) mass is 257 g/mol. The van der Waals surface area contributed by atoms with E-state index >= 15 is 0 Å². The van der Waals surface area contributed by atoms with Gasteiger partial charge in [-0.15, -0.1) is 12.4 Å². The Morgan fingerprint density at radius 1 is 1.29 bits per heavy atom. The summed E-state index contributed by atoms with van der Waals surface area (Å²) in [4.78, 5) is 0. The molecule has 2 rings (SSSR count). The second-order valence-corrected chi connectivity index (χ2v) is 4.53. The summed E-state index contributed by atoms with van der Waals surface area (Å²) < 4.78 is 5.70. The third-order valence-corrected chi connectivity index (χ3v) is 3.12. The van der Waals surface area contributed by atoms with Crippen LogP contribution in [0.15, 0.2) is 24.3 Å². The quantitative estimate of drug-likeness (QED) is 0.869. The maximum atomic E-state index is 10.3. The molecule has 1 heterocycles. The fraction of sp³-hybridized carbons (Fsp3) is 0.538. The Morgan fingerprint density at radius 2 is 1.94 bits per heavy atom. The molecule has 4 heteroatoms. The van der Waals surface area contributed by atoms with E-state index in [1.165, 1.54) is 0 Å². The Morgan fingerprint density at radius 3 is 2.59 bits per heavy atom. The first-order chi connectivity index (χ1) is 7.70. The molecule has 0 aromatic heterocycles. The number of nitrogens with one attached hydrogen (secondary N) is 1. The predicted octanol–water partition coefficient (Wildman–Crippen LogP) is 1.91. The molecule has 3 nitrogen and oxygen atoms in total. The molecule has 96 valence electrons. The lowest BCUT2D eigenvalue weighted by atomic mass is 9.93. The van der Waals surface area contributed by atoms with Gasteiger partial charge >= 0.3 is 0 Å². The molecular formula is C13H20ClNO2. The number of ether oxygens (including phenoxy) is 1. The summed E-state index contributed by atoms with van der Waals surface area (Å²) in [6, 6.07) is 7.90. The summed E-state index contributed by atoms with van der Waals surface area (Å²) in [5.41, 5.74) is 0.452. The smallest absolute Gasteiger partial charge is 0.122 e. The predicted molar refractivity (Wildman–Crippen MR) is 71.0 cm³/mol. The number of aryl methyl sites for hydroxylation is 1. The molecule has 0 spiro atoms. The number of piperidine rings is 1. The van der Waals surface area contributed by atoms with Crippen molar-refractivity contribution >= 4 is 12.4 Å². The molecule has 0 bridgehead atoms. The third-order valence-electron chi connectivity index (χ3n) is 3.12. The first kappa shape index (κ1) is 14.3. The number of benzene rings is 1. The number of halogens is 1. The highest BCUT2D eigenvalue weighted by Crippen LogP contribution is 2.22. The molecule has 17 heavy (non-hydrogen) atoms. The molecule has 1 aliphatic rings. The molecule has 1 aromatic rings. The van der Waals surface area contributed by atoms with Crippen molar-refractivity contribution < 1.29 is 9.84 Å². The van der Waals surface area contributed by atoms with E-state index in [0.717, 1.165) is 37.2 Å². The molecule has 1 aliphatic heterocycles. The zero-order chi connectivity index (χ0) is 11.4. The van der Waals surface area contributed by atoms with Crippen molar-refractivity contribution in [1.29, 1.82) is 0 Å². The number of hydrogen-bond acceptors (Lipinski definition) is 3. The van der Waals surface area contributed by atoms with E-state index < -0.39 is 5.60 Å². The highest BCUT2D eigenvalue weighted by atomic mass is 35.5. The molecule has 0 amide bonds. The van der Waals surface area contributed by atoms with Crippen molar-refractivity contribution in [1.82, 2.24) is 5.32 Å². The van der Waals surface area contributed by atoms with Gasteiger partial charge in [0.2, 0.25) is 0 Å². The molecule has 0 aliphatic carbocycles. The van der Waals surface area contributed by atoms with Crippen LogP contribution in [-0.2, 0) is 0 Å². The van der Waals surface area contributed by atoms with Gasteiger partial charge in [-0.1, -0.05) is 18.2 Å². The lowest BCUT2D eigenvalue weighted by Gasteiger charge is -2.32. The molecule has 0 radical (unpaired) electrons. The second kappa shape index (κ2) is 6.24. The van der Waals surface area contributed by atoms with E-state index in [1.54, 1.807) is 0 Å². The van der Waals surface area contributed by atoms with Crippen molar-refractivity contribution in [3.63, 3.8) is 0 Å². The van der Waals surface area contributed by atoms with Gasteiger partial charge in [0.25, 0.3) is 0 Å². The minimum absolute atomic E-state index is 0. The Labute approximate surface area is 109 Å². The van der Waals surface area contributed by atoms with Crippen LogP contribution in [0.4, 0.5) is 0 Å². The van der Waals surface area contributed by atoms with Crippen molar-refractivity contribution in [2.45, 2.75) is 25.4 Å². The summed E-state index contributed by atoms with van der Waals surface area (Å²) >= 11 is 0. The lowest BCUT2D eigenvalue weighted by Crippen LogP contribution is -2.46. The van der Waals surface area contributed by atoms with Gasteiger partial charge in [0.1, 0.15) is 18.0 Å². The maximum Gasteiger partial charge on any atom is 0.122 e. The maximum absolute atomic E-state index is 10.3. The van der Waals surface area contributed by atoms with Crippen LogP contribution in [0, 0.1) is 6.92 Å². The van der Waals surface area contributed by atoms with Gasteiger partial charge in [-0.3, -0.25) is 0 Å². The number of rotatable bonds is 3. The van der Waals surface area contributed by atoms with Crippen LogP contribution in [0.1, 0.15) is 18.4 Å². The van der Waals surface area contributed by atoms with Crippen LogP contribution < -0.4 is 10.1 Å². The van der Waals surface area contributed by atoms with Gasteiger partial charge in [0.05, 0.1) is 0 Å². The first-order valence-corrected chi connectivity index (χ1v) is 5.81. The molecule has 0 saturated carbocycles. The van der Waals surface area contributed by atoms with Gasteiger partial charge < -0.3 is 15.2 Å². The van der Waals surface area contributed by atoms with Crippen LogP contribution >= 0.6 is 12.4 Å². The van der Waals surface area contributed by atoms with Crippen molar-refractivity contribution in [3.05, 3.63) is 29.8 Å². The summed E-state index contributed by atoms with van der Waals surface area (Å²) in [7, 11) is 0. The minimum Gasteiger partial charge on any atom is -0.490 e. The van der Waals surface area contributed by atoms with Gasteiger partial charge in [-0.05, 0) is 44.5 Å². The average Bonchev–Trinajstić information content (AvgIpc) is 2.29. The van der Waals surface area contributed by atoms with E-state index in [0.29, 0.717) is 6.61 Å². The van der Waals surface area contributed by atoms with Crippen LogP contribution in [0.3, 0.4) is 0 Å². The molecule has 0 atom stereocenters. The number of para-hydroxylation sites is 1. The minimum atomic E-state index is -0.659. The summed E-state index contributed by atoms with van der Waals surface area (Å²) in [6.07, 6.45) is 1.53. The largest absolute Gasteiger partial charge is 0.490 e. The Kier molecular flexibility index (Phi) is 5.25. The topological polar surface area (TPSA) is 41.5 Å². The van der Waals surface area contributed by atoms with Gasteiger partial charge in [-0.25, -0.2) is 0 Å². The fourth-order valence-corrected chi connectivity index (χ4v) is 1.97. The van der Waals surface area contributed by atoms with E-state index in [-0.39, 0.29) is 12.4 Å². The molecule has 1 aromatic carbocycles. The number of aliphatic hydroxyl groups is 1. The lowest BCUT2D eigenvalue weighted by molar-refractivity contribution is -0.0287. The fourth-order valence-electron chi connectivity index (χ4n) is 1.97.